The van der Waals surface area contributed by atoms with E-state index in [1.807, 2.05) is 18.2 Å². The average molecular weight is 344 g/mol. The van der Waals surface area contributed by atoms with Gasteiger partial charge in [0.15, 0.2) is 0 Å². The van der Waals surface area contributed by atoms with Gasteiger partial charge in [-0.05, 0) is 18.5 Å². The van der Waals surface area contributed by atoms with E-state index >= 15 is 0 Å². The van der Waals surface area contributed by atoms with Gasteiger partial charge in [-0.3, -0.25) is 4.79 Å². The van der Waals surface area contributed by atoms with Crippen LogP contribution in [0.15, 0.2) is 30.3 Å². The van der Waals surface area contributed by atoms with Gasteiger partial charge in [0.2, 0.25) is 5.13 Å². The molecule has 1 aromatic carbocycles. The first kappa shape index (κ1) is 17.0. The minimum atomic E-state index is 0.234. The number of piperazine rings is 1. The molecule has 6 heteroatoms. The molecular weight excluding hydrogens is 320 g/mol. The predicted octanol–water partition coefficient (Wildman–Crippen LogP) is 2.42. The molecule has 24 heavy (non-hydrogen) atoms. The number of carbonyl (C=O) groups is 1. The zero-order valence-corrected chi connectivity index (χ0v) is 15.0. The number of aromatic nitrogens is 2. The summed E-state index contributed by atoms with van der Waals surface area (Å²) in [5.41, 5.74) is 1.21. The van der Waals surface area contributed by atoms with E-state index < -0.39 is 0 Å². The summed E-state index contributed by atoms with van der Waals surface area (Å²) in [5.74, 6) is 0.234. The second-order valence-corrected chi connectivity index (χ2v) is 7.14. The van der Waals surface area contributed by atoms with Crippen molar-refractivity contribution in [3.05, 3.63) is 40.9 Å². The Labute approximate surface area is 147 Å². The minimum Gasteiger partial charge on any atom is -0.344 e. The van der Waals surface area contributed by atoms with Crippen LogP contribution in [0.1, 0.15) is 23.9 Å². The molecule has 0 atom stereocenters. The molecule has 2 heterocycles. The first-order valence-electron chi connectivity index (χ1n) is 8.60. The summed E-state index contributed by atoms with van der Waals surface area (Å²) in [4.78, 5) is 16.9. The number of hydrogen-bond acceptors (Lipinski definition) is 6. The van der Waals surface area contributed by atoms with Crippen LogP contribution in [-0.2, 0) is 17.6 Å². The summed E-state index contributed by atoms with van der Waals surface area (Å²) in [5, 5.41) is 10.3. The number of carbonyl (C=O) groups excluding carboxylic acids is 1. The first-order chi connectivity index (χ1) is 11.7. The molecule has 0 radical (unpaired) electrons. The molecule has 0 unspecified atom stereocenters. The van der Waals surface area contributed by atoms with Crippen LogP contribution in [0, 0.1) is 0 Å². The fourth-order valence-corrected chi connectivity index (χ4v) is 3.80. The lowest BCUT2D eigenvalue weighted by molar-refractivity contribution is -0.118. The van der Waals surface area contributed by atoms with Gasteiger partial charge in [-0.25, -0.2) is 0 Å². The summed E-state index contributed by atoms with van der Waals surface area (Å²) < 4.78 is 0. The van der Waals surface area contributed by atoms with Crippen LogP contribution in [0.25, 0.3) is 0 Å². The standard InChI is InChI=1S/C18H24N4OS/c1-2-21-10-12-22(13-11-21)18-20-19-17(24-18)14-16(23)9-8-15-6-4-3-5-7-15/h3-7H,2,8-14H2,1H3. The van der Waals surface area contributed by atoms with Crippen molar-refractivity contribution < 1.29 is 4.79 Å². The van der Waals surface area contributed by atoms with Crippen molar-refractivity contribution in [1.29, 1.82) is 0 Å². The molecular formula is C18H24N4OS. The van der Waals surface area contributed by atoms with Gasteiger partial charge in [0, 0.05) is 32.6 Å². The van der Waals surface area contributed by atoms with E-state index in [4.69, 9.17) is 0 Å². The number of hydrogen-bond donors (Lipinski definition) is 0. The van der Waals surface area contributed by atoms with Crippen molar-refractivity contribution in [3.63, 3.8) is 0 Å². The second-order valence-electron chi connectivity index (χ2n) is 6.10. The molecule has 128 valence electrons. The maximum Gasteiger partial charge on any atom is 0.208 e. The molecule has 5 nitrogen and oxygen atoms in total. The molecule has 0 saturated carbocycles. The highest BCUT2D eigenvalue weighted by Gasteiger charge is 2.19. The van der Waals surface area contributed by atoms with Crippen LogP contribution in [0.5, 0.6) is 0 Å². The lowest BCUT2D eigenvalue weighted by atomic mass is 10.1. The Balaban J connectivity index is 1.48. The molecule has 0 N–H and O–H groups in total. The third kappa shape index (κ3) is 4.61. The zero-order chi connectivity index (χ0) is 16.8. The number of benzene rings is 1. The van der Waals surface area contributed by atoms with Gasteiger partial charge in [-0.1, -0.05) is 48.6 Å². The molecule has 0 amide bonds. The summed E-state index contributed by atoms with van der Waals surface area (Å²) in [6.07, 6.45) is 1.76. The maximum absolute atomic E-state index is 12.2. The Kier molecular flexibility index (Phi) is 5.93. The van der Waals surface area contributed by atoms with E-state index in [0.717, 1.165) is 49.3 Å². The number of anilines is 1. The highest BCUT2D eigenvalue weighted by atomic mass is 32.1. The van der Waals surface area contributed by atoms with E-state index in [0.29, 0.717) is 12.8 Å². The fraction of sp³-hybridized carbons (Fsp3) is 0.500. The second kappa shape index (κ2) is 8.35. The first-order valence-corrected chi connectivity index (χ1v) is 9.41. The van der Waals surface area contributed by atoms with E-state index in [-0.39, 0.29) is 5.78 Å². The Bertz CT molecular complexity index is 650. The van der Waals surface area contributed by atoms with Crippen molar-refractivity contribution in [2.75, 3.05) is 37.6 Å². The molecule has 1 saturated heterocycles. The highest BCUT2D eigenvalue weighted by molar-refractivity contribution is 7.15. The Morgan fingerprint density at radius 2 is 1.88 bits per heavy atom. The lowest BCUT2D eigenvalue weighted by Gasteiger charge is -2.33. The van der Waals surface area contributed by atoms with Gasteiger partial charge in [0.25, 0.3) is 0 Å². The van der Waals surface area contributed by atoms with Crippen LogP contribution in [0.4, 0.5) is 5.13 Å². The topological polar surface area (TPSA) is 49.3 Å². The maximum atomic E-state index is 12.2. The van der Waals surface area contributed by atoms with Gasteiger partial charge < -0.3 is 9.80 Å². The minimum absolute atomic E-state index is 0.234. The van der Waals surface area contributed by atoms with E-state index in [1.54, 1.807) is 11.3 Å². The Hall–Kier alpha value is -1.79. The highest BCUT2D eigenvalue weighted by Crippen LogP contribution is 2.22. The molecule has 3 rings (SSSR count). The third-order valence-corrected chi connectivity index (χ3v) is 5.41. The van der Waals surface area contributed by atoms with Crippen LogP contribution < -0.4 is 4.90 Å². The van der Waals surface area contributed by atoms with Crippen molar-refractivity contribution in [2.24, 2.45) is 0 Å². The number of ketones is 1. The van der Waals surface area contributed by atoms with Crippen LogP contribution in [0.2, 0.25) is 0 Å². The monoisotopic (exact) mass is 344 g/mol. The molecule has 0 aliphatic carbocycles. The molecule has 1 aromatic heterocycles. The van der Waals surface area contributed by atoms with Crippen LogP contribution in [-0.4, -0.2) is 53.6 Å². The number of Topliss-reactive ketones (excluding diaryl/α,β-unsaturated/α-hetero) is 1. The quantitative estimate of drug-likeness (QED) is 0.772. The summed E-state index contributed by atoms with van der Waals surface area (Å²) in [7, 11) is 0. The molecule has 0 bridgehead atoms. The van der Waals surface area contributed by atoms with Gasteiger partial charge in [0.1, 0.15) is 10.8 Å². The molecule has 1 aliphatic heterocycles. The molecule has 0 spiro atoms. The average Bonchev–Trinajstić information content (AvgIpc) is 3.09. The number of rotatable bonds is 7. The van der Waals surface area contributed by atoms with E-state index in [1.165, 1.54) is 5.56 Å². The number of aryl methyl sites for hydroxylation is 1. The van der Waals surface area contributed by atoms with Crippen molar-refractivity contribution >= 4 is 22.3 Å². The molecule has 1 fully saturated rings. The fourth-order valence-electron chi connectivity index (χ4n) is 2.88. The zero-order valence-electron chi connectivity index (χ0n) is 14.1. The SMILES string of the molecule is CCN1CCN(c2nnc(CC(=O)CCc3ccccc3)s2)CC1. The van der Waals surface area contributed by atoms with Gasteiger partial charge in [-0.2, -0.15) is 0 Å². The summed E-state index contributed by atoms with van der Waals surface area (Å²) >= 11 is 1.56. The smallest absolute Gasteiger partial charge is 0.208 e. The largest absolute Gasteiger partial charge is 0.344 e. The van der Waals surface area contributed by atoms with E-state index in [2.05, 4.69) is 39.1 Å². The normalized spacial score (nSPS) is 15.6. The lowest BCUT2D eigenvalue weighted by Crippen LogP contribution is -2.46. The summed E-state index contributed by atoms with van der Waals surface area (Å²) in [6, 6.07) is 10.1. The van der Waals surface area contributed by atoms with Gasteiger partial charge >= 0.3 is 0 Å². The van der Waals surface area contributed by atoms with Crippen molar-refractivity contribution in [3.8, 4) is 0 Å². The Morgan fingerprint density at radius 3 is 2.58 bits per heavy atom. The van der Waals surface area contributed by atoms with Gasteiger partial charge in [-0.15, -0.1) is 10.2 Å². The third-order valence-electron chi connectivity index (χ3n) is 4.43. The van der Waals surface area contributed by atoms with E-state index in [9.17, 15) is 4.79 Å². The molecule has 1 aliphatic rings. The molecule has 2 aromatic rings. The van der Waals surface area contributed by atoms with Crippen molar-refractivity contribution in [2.45, 2.75) is 26.2 Å². The van der Waals surface area contributed by atoms with Crippen LogP contribution in [0.3, 0.4) is 0 Å². The number of likely N-dealkylation sites (N-methyl/N-ethyl adjacent to an activating group) is 1. The predicted molar refractivity (Wildman–Crippen MR) is 97.7 cm³/mol. The number of nitrogens with zero attached hydrogens (tertiary/aromatic N) is 4. The van der Waals surface area contributed by atoms with Crippen molar-refractivity contribution in [1.82, 2.24) is 15.1 Å². The van der Waals surface area contributed by atoms with Crippen LogP contribution >= 0.6 is 11.3 Å². The Morgan fingerprint density at radius 1 is 1.12 bits per heavy atom. The van der Waals surface area contributed by atoms with Gasteiger partial charge in [0.05, 0.1) is 6.42 Å². The summed E-state index contributed by atoms with van der Waals surface area (Å²) in [6.45, 7) is 7.42.